The van der Waals surface area contributed by atoms with Crippen molar-refractivity contribution in [2.75, 3.05) is 18.0 Å². The second kappa shape index (κ2) is 5.97. The van der Waals surface area contributed by atoms with Crippen molar-refractivity contribution in [1.82, 2.24) is 9.88 Å². The normalized spacial score (nSPS) is 19.2. The number of anilines is 1. The number of aromatic nitrogens is 1. The molecule has 0 saturated carbocycles. The molecule has 2 aliphatic heterocycles. The molecule has 0 spiro atoms. The number of nitrogens with zero attached hydrogens (tertiary/aromatic N) is 4. The molecule has 0 radical (unpaired) electrons. The van der Waals surface area contributed by atoms with Crippen LogP contribution in [-0.4, -0.2) is 34.9 Å². The number of carbonyl (C=O) groups excluding carboxylic acids is 1. The van der Waals surface area contributed by atoms with Gasteiger partial charge in [-0.3, -0.25) is 14.7 Å². The Balaban J connectivity index is 1.68. The van der Waals surface area contributed by atoms with Crippen LogP contribution in [-0.2, 0) is 11.2 Å². The van der Waals surface area contributed by atoms with Crippen LogP contribution in [0.15, 0.2) is 42.6 Å². The van der Waals surface area contributed by atoms with Gasteiger partial charge in [0.1, 0.15) is 6.04 Å². The summed E-state index contributed by atoms with van der Waals surface area (Å²) < 4.78 is 0. The van der Waals surface area contributed by atoms with Gasteiger partial charge < -0.3 is 4.90 Å². The number of carbonyl (C=O) groups is 1. The Morgan fingerprint density at radius 3 is 2.92 bits per heavy atom. The van der Waals surface area contributed by atoms with Crippen LogP contribution in [0.2, 0.25) is 0 Å². The Labute approximate surface area is 141 Å². The third kappa shape index (κ3) is 2.31. The van der Waals surface area contributed by atoms with E-state index in [2.05, 4.69) is 17.2 Å². The zero-order chi connectivity index (χ0) is 16.5. The smallest absolute Gasteiger partial charge is 0.250 e. The summed E-state index contributed by atoms with van der Waals surface area (Å²) in [5.74, 6) is 0.0472. The summed E-state index contributed by atoms with van der Waals surface area (Å²) in [6.07, 6.45) is 6.43. The summed E-state index contributed by atoms with van der Waals surface area (Å²) in [6.45, 7) is 1.36. The fraction of sp³-hybridized carbons (Fsp3) is 0.316. The average molecular weight is 318 g/mol. The minimum Gasteiger partial charge on any atom is -0.310 e. The van der Waals surface area contributed by atoms with E-state index < -0.39 is 0 Å². The van der Waals surface area contributed by atoms with Crippen LogP contribution in [0.4, 0.5) is 5.69 Å². The van der Waals surface area contributed by atoms with E-state index >= 15 is 0 Å². The largest absolute Gasteiger partial charge is 0.310 e. The average Bonchev–Trinajstić information content (AvgIpc) is 3.28. The molecule has 1 aromatic carbocycles. The molecule has 1 aromatic heterocycles. The maximum atomic E-state index is 12.9. The maximum Gasteiger partial charge on any atom is 0.250 e. The van der Waals surface area contributed by atoms with E-state index in [0.717, 1.165) is 36.2 Å². The lowest BCUT2D eigenvalue weighted by Crippen LogP contribution is -2.43. The van der Waals surface area contributed by atoms with Gasteiger partial charge in [0, 0.05) is 30.5 Å². The van der Waals surface area contributed by atoms with Crippen molar-refractivity contribution in [2.45, 2.75) is 25.3 Å². The lowest BCUT2D eigenvalue weighted by atomic mass is 10.0. The van der Waals surface area contributed by atoms with Gasteiger partial charge in [-0.2, -0.15) is 5.26 Å². The highest BCUT2D eigenvalue weighted by Crippen LogP contribution is 2.36. The second-order valence-electron chi connectivity index (χ2n) is 6.21. The maximum absolute atomic E-state index is 12.9. The van der Waals surface area contributed by atoms with Crippen molar-refractivity contribution in [1.29, 1.82) is 5.26 Å². The van der Waals surface area contributed by atoms with E-state index in [1.807, 2.05) is 35.2 Å². The number of amides is 1. The van der Waals surface area contributed by atoms with Crippen LogP contribution in [0, 0.1) is 11.5 Å². The van der Waals surface area contributed by atoms with Crippen LogP contribution in [0.1, 0.15) is 18.4 Å². The van der Waals surface area contributed by atoms with Gasteiger partial charge in [-0.15, -0.1) is 0 Å². The number of likely N-dealkylation sites (tertiary alicyclic amines) is 1. The summed E-state index contributed by atoms with van der Waals surface area (Å²) in [6, 6.07) is 11.6. The van der Waals surface area contributed by atoms with E-state index in [1.165, 1.54) is 5.56 Å². The topological polar surface area (TPSA) is 60.2 Å². The van der Waals surface area contributed by atoms with Crippen LogP contribution < -0.4 is 4.90 Å². The summed E-state index contributed by atoms with van der Waals surface area (Å²) in [4.78, 5) is 20.9. The van der Waals surface area contributed by atoms with Crippen molar-refractivity contribution < 1.29 is 4.79 Å². The predicted molar refractivity (Wildman–Crippen MR) is 91.1 cm³/mol. The highest BCUT2D eigenvalue weighted by Gasteiger charge is 2.36. The molecule has 1 amide bonds. The zero-order valence-corrected chi connectivity index (χ0v) is 13.4. The van der Waals surface area contributed by atoms with Gasteiger partial charge in [0.15, 0.2) is 6.19 Å². The quantitative estimate of drug-likeness (QED) is 0.799. The number of benzene rings is 1. The van der Waals surface area contributed by atoms with E-state index in [0.29, 0.717) is 13.1 Å². The first-order valence-corrected chi connectivity index (χ1v) is 8.30. The van der Waals surface area contributed by atoms with Gasteiger partial charge in [0.2, 0.25) is 5.91 Å². The van der Waals surface area contributed by atoms with Crippen LogP contribution in [0.5, 0.6) is 0 Å². The Morgan fingerprint density at radius 2 is 2.12 bits per heavy atom. The first kappa shape index (κ1) is 14.7. The summed E-state index contributed by atoms with van der Waals surface area (Å²) in [5, 5.41) is 9.21. The third-order valence-electron chi connectivity index (χ3n) is 4.90. The van der Waals surface area contributed by atoms with Crippen molar-refractivity contribution >= 4 is 11.6 Å². The molecular formula is C19H18N4O. The molecule has 0 bridgehead atoms. The monoisotopic (exact) mass is 318 g/mol. The first-order chi connectivity index (χ1) is 11.8. The molecule has 2 aromatic rings. The van der Waals surface area contributed by atoms with Gasteiger partial charge in [0.25, 0.3) is 0 Å². The summed E-state index contributed by atoms with van der Waals surface area (Å²) in [5.41, 5.74) is 4.16. The number of fused-ring (bicyclic) bond motifs is 1. The standard InChI is InChI=1S/C19H18N4O/c20-13-22-11-4-8-18(22)19(24)23-12-9-15-14(5-3-7-17(15)23)16-6-1-2-10-21-16/h1-3,5-7,10,18H,4,8-9,11-12H2. The van der Waals surface area contributed by atoms with E-state index in [-0.39, 0.29) is 11.9 Å². The van der Waals surface area contributed by atoms with Gasteiger partial charge in [-0.1, -0.05) is 18.2 Å². The van der Waals surface area contributed by atoms with E-state index in [1.54, 1.807) is 11.1 Å². The van der Waals surface area contributed by atoms with Gasteiger partial charge in [-0.25, -0.2) is 0 Å². The van der Waals surface area contributed by atoms with Crippen molar-refractivity contribution in [3.05, 3.63) is 48.2 Å². The molecule has 24 heavy (non-hydrogen) atoms. The summed E-state index contributed by atoms with van der Waals surface area (Å²) in [7, 11) is 0. The predicted octanol–water partition coefficient (Wildman–Crippen LogP) is 2.58. The zero-order valence-electron chi connectivity index (χ0n) is 13.4. The molecule has 5 nitrogen and oxygen atoms in total. The number of hydrogen-bond donors (Lipinski definition) is 0. The molecule has 4 rings (SSSR count). The third-order valence-corrected chi connectivity index (χ3v) is 4.90. The van der Waals surface area contributed by atoms with Crippen molar-refractivity contribution in [3.63, 3.8) is 0 Å². The van der Waals surface area contributed by atoms with Crippen LogP contribution in [0.25, 0.3) is 11.3 Å². The fourth-order valence-corrected chi connectivity index (χ4v) is 3.75. The molecule has 120 valence electrons. The Kier molecular flexibility index (Phi) is 3.66. The highest BCUT2D eigenvalue weighted by molar-refractivity contribution is 6.00. The van der Waals surface area contributed by atoms with Gasteiger partial charge in [-0.05, 0) is 43.0 Å². The second-order valence-corrected chi connectivity index (χ2v) is 6.21. The molecule has 0 aliphatic carbocycles. The van der Waals surface area contributed by atoms with Crippen LogP contribution >= 0.6 is 0 Å². The lowest BCUT2D eigenvalue weighted by Gasteiger charge is -2.25. The number of pyridine rings is 1. The Bertz CT molecular complexity index is 812. The lowest BCUT2D eigenvalue weighted by molar-refractivity contribution is -0.121. The van der Waals surface area contributed by atoms with Crippen molar-refractivity contribution in [2.24, 2.45) is 0 Å². The Morgan fingerprint density at radius 1 is 1.21 bits per heavy atom. The SMILES string of the molecule is N#CN1CCCC1C(=O)N1CCc2c(-c3ccccn3)cccc21. The molecule has 1 fully saturated rings. The minimum absolute atomic E-state index is 0.0472. The minimum atomic E-state index is -0.306. The van der Waals surface area contributed by atoms with Gasteiger partial charge in [0.05, 0.1) is 5.69 Å². The molecule has 1 saturated heterocycles. The molecule has 3 heterocycles. The number of hydrogen-bond acceptors (Lipinski definition) is 4. The number of rotatable bonds is 2. The molecule has 1 unspecified atom stereocenters. The van der Waals surface area contributed by atoms with Gasteiger partial charge >= 0.3 is 0 Å². The highest BCUT2D eigenvalue weighted by atomic mass is 16.2. The van der Waals surface area contributed by atoms with E-state index in [9.17, 15) is 10.1 Å². The summed E-state index contributed by atoms with van der Waals surface area (Å²) >= 11 is 0. The molecule has 5 heteroatoms. The molecule has 1 atom stereocenters. The van der Waals surface area contributed by atoms with Crippen molar-refractivity contribution in [3.8, 4) is 17.5 Å². The molecule has 0 N–H and O–H groups in total. The van der Waals surface area contributed by atoms with E-state index in [4.69, 9.17) is 0 Å². The fourth-order valence-electron chi connectivity index (χ4n) is 3.75. The van der Waals surface area contributed by atoms with Crippen LogP contribution in [0.3, 0.4) is 0 Å². The molecule has 2 aliphatic rings. The first-order valence-electron chi connectivity index (χ1n) is 8.30. The Hall–Kier alpha value is -2.87. The number of nitriles is 1. The molecular weight excluding hydrogens is 300 g/mol.